The molecule has 166 valence electrons. The highest BCUT2D eigenvalue weighted by atomic mass is 16.5. The maximum absolute atomic E-state index is 12.7. The second-order valence-corrected chi connectivity index (χ2v) is 6.88. The second kappa shape index (κ2) is 10.7. The van der Waals surface area contributed by atoms with E-state index in [1.54, 1.807) is 43.5 Å². The van der Waals surface area contributed by atoms with E-state index in [0.29, 0.717) is 60.4 Å². The minimum absolute atomic E-state index is 0.226. The van der Waals surface area contributed by atoms with Gasteiger partial charge >= 0.3 is 0 Å². The van der Waals surface area contributed by atoms with Crippen LogP contribution in [0.3, 0.4) is 0 Å². The molecule has 2 aromatic rings. The minimum atomic E-state index is -0.473. The van der Waals surface area contributed by atoms with E-state index in [0.717, 1.165) is 6.42 Å². The molecule has 2 aromatic carbocycles. The minimum Gasteiger partial charge on any atom is -0.497 e. The molecule has 2 amide bonds. The molecule has 8 heteroatoms. The van der Waals surface area contributed by atoms with E-state index < -0.39 is 6.10 Å². The van der Waals surface area contributed by atoms with E-state index in [2.05, 4.69) is 10.6 Å². The summed E-state index contributed by atoms with van der Waals surface area (Å²) in [5.41, 5.74) is 1.38. The fourth-order valence-electron chi connectivity index (χ4n) is 3.24. The predicted octanol–water partition coefficient (Wildman–Crippen LogP) is 3.86. The average Bonchev–Trinajstić information content (AvgIpc) is 3.32. The lowest BCUT2D eigenvalue weighted by Crippen LogP contribution is -2.27. The van der Waals surface area contributed by atoms with Crippen LogP contribution in [0.5, 0.6) is 17.2 Å². The Morgan fingerprint density at radius 1 is 1.00 bits per heavy atom. The van der Waals surface area contributed by atoms with Crippen LogP contribution in [-0.2, 0) is 9.53 Å². The standard InChI is InChI=1S/C23H28N2O6/c1-4-29-20-14-18(25-23(27)19-7-6-12-31-19)21(30-5-2)13-17(20)24-22(26)15-8-10-16(28-3)11-9-15/h8-11,13-14,19H,4-7,12H2,1-3H3,(H,24,26)(H,25,27). The van der Waals surface area contributed by atoms with Gasteiger partial charge in [-0.3, -0.25) is 9.59 Å². The van der Waals surface area contributed by atoms with Gasteiger partial charge in [-0.15, -0.1) is 0 Å². The molecule has 31 heavy (non-hydrogen) atoms. The van der Waals surface area contributed by atoms with Crippen molar-refractivity contribution in [2.45, 2.75) is 32.8 Å². The van der Waals surface area contributed by atoms with Gasteiger partial charge in [0.1, 0.15) is 23.4 Å². The van der Waals surface area contributed by atoms with E-state index in [1.807, 2.05) is 13.8 Å². The Balaban J connectivity index is 1.86. The van der Waals surface area contributed by atoms with Gasteiger partial charge in [0.15, 0.2) is 0 Å². The van der Waals surface area contributed by atoms with Gasteiger partial charge in [0.2, 0.25) is 0 Å². The molecule has 0 radical (unpaired) electrons. The molecule has 1 fully saturated rings. The van der Waals surface area contributed by atoms with Gasteiger partial charge in [0.05, 0.1) is 31.7 Å². The first-order valence-corrected chi connectivity index (χ1v) is 10.4. The van der Waals surface area contributed by atoms with Crippen molar-refractivity contribution in [2.75, 3.05) is 37.6 Å². The zero-order valence-electron chi connectivity index (χ0n) is 18.0. The molecule has 0 bridgehead atoms. The number of ether oxygens (including phenoxy) is 4. The first kappa shape index (κ1) is 22.4. The number of nitrogens with one attached hydrogen (secondary N) is 2. The van der Waals surface area contributed by atoms with Crippen LogP contribution in [0.25, 0.3) is 0 Å². The van der Waals surface area contributed by atoms with Crippen molar-refractivity contribution in [3.8, 4) is 17.2 Å². The number of hydrogen-bond acceptors (Lipinski definition) is 6. The van der Waals surface area contributed by atoms with Gasteiger partial charge in [-0.1, -0.05) is 0 Å². The third-order valence-electron chi connectivity index (χ3n) is 4.76. The Morgan fingerprint density at radius 2 is 1.61 bits per heavy atom. The van der Waals surface area contributed by atoms with Gasteiger partial charge in [-0.05, 0) is 51.0 Å². The molecule has 0 spiro atoms. The number of carbonyl (C=O) groups is 2. The normalized spacial score (nSPS) is 15.3. The van der Waals surface area contributed by atoms with Crippen molar-refractivity contribution in [1.82, 2.24) is 0 Å². The maximum atomic E-state index is 12.7. The molecule has 0 aromatic heterocycles. The number of amides is 2. The van der Waals surface area contributed by atoms with E-state index >= 15 is 0 Å². The second-order valence-electron chi connectivity index (χ2n) is 6.88. The van der Waals surface area contributed by atoms with Crippen LogP contribution in [0.1, 0.15) is 37.0 Å². The Hall–Kier alpha value is -3.26. The van der Waals surface area contributed by atoms with Crippen molar-refractivity contribution in [3.63, 3.8) is 0 Å². The van der Waals surface area contributed by atoms with Gasteiger partial charge in [-0.25, -0.2) is 0 Å². The highest BCUT2D eigenvalue weighted by Gasteiger charge is 2.25. The third kappa shape index (κ3) is 5.67. The van der Waals surface area contributed by atoms with E-state index in [1.165, 1.54) is 0 Å². The molecule has 3 rings (SSSR count). The summed E-state index contributed by atoms with van der Waals surface area (Å²) in [5.74, 6) is 0.993. The SMILES string of the molecule is CCOc1cc(NC(=O)C2CCCO2)c(OCC)cc1NC(=O)c1ccc(OC)cc1. The quantitative estimate of drug-likeness (QED) is 0.630. The summed E-state index contributed by atoms with van der Waals surface area (Å²) in [4.78, 5) is 25.3. The van der Waals surface area contributed by atoms with Gasteiger partial charge in [0, 0.05) is 24.3 Å². The van der Waals surface area contributed by atoms with Gasteiger partial charge in [0.25, 0.3) is 11.8 Å². The van der Waals surface area contributed by atoms with Crippen LogP contribution in [0.2, 0.25) is 0 Å². The first-order chi connectivity index (χ1) is 15.0. The highest BCUT2D eigenvalue weighted by molar-refractivity contribution is 6.06. The van der Waals surface area contributed by atoms with E-state index in [4.69, 9.17) is 18.9 Å². The fourth-order valence-corrected chi connectivity index (χ4v) is 3.24. The van der Waals surface area contributed by atoms with E-state index in [-0.39, 0.29) is 11.8 Å². The number of benzene rings is 2. The van der Waals surface area contributed by atoms with Crippen LogP contribution >= 0.6 is 0 Å². The van der Waals surface area contributed by atoms with Crippen molar-refractivity contribution >= 4 is 23.2 Å². The molecule has 1 aliphatic rings. The van der Waals surface area contributed by atoms with Crippen molar-refractivity contribution < 1.29 is 28.5 Å². The van der Waals surface area contributed by atoms with Crippen LogP contribution < -0.4 is 24.8 Å². The Bertz CT molecular complexity index is 907. The third-order valence-corrected chi connectivity index (χ3v) is 4.76. The Kier molecular flexibility index (Phi) is 7.72. The zero-order valence-corrected chi connectivity index (χ0v) is 18.0. The topological polar surface area (TPSA) is 95.1 Å². The number of carbonyl (C=O) groups excluding carboxylic acids is 2. The molecule has 1 heterocycles. The van der Waals surface area contributed by atoms with Gasteiger partial charge in [-0.2, -0.15) is 0 Å². The number of methoxy groups -OCH3 is 1. The molecular formula is C23H28N2O6. The number of hydrogen-bond donors (Lipinski definition) is 2. The molecule has 1 saturated heterocycles. The van der Waals surface area contributed by atoms with Crippen molar-refractivity contribution in [3.05, 3.63) is 42.0 Å². The predicted molar refractivity (Wildman–Crippen MR) is 117 cm³/mol. The molecule has 0 saturated carbocycles. The highest BCUT2D eigenvalue weighted by Crippen LogP contribution is 2.37. The van der Waals surface area contributed by atoms with Crippen molar-refractivity contribution in [1.29, 1.82) is 0 Å². The zero-order chi connectivity index (χ0) is 22.2. The van der Waals surface area contributed by atoms with Crippen LogP contribution in [0.4, 0.5) is 11.4 Å². The monoisotopic (exact) mass is 428 g/mol. The Morgan fingerprint density at radius 3 is 2.13 bits per heavy atom. The summed E-state index contributed by atoms with van der Waals surface area (Å²) >= 11 is 0. The van der Waals surface area contributed by atoms with Crippen LogP contribution in [0, 0.1) is 0 Å². The Labute approximate surface area is 181 Å². The summed E-state index contributed by atoms with van der Waals surface area (Å²) in [6.45, 7) is 5.05. The van der Waals surface area contributed by atoms with Crippen LogP contribution in [0.15, 0.2) is 36.4 Å². The number of rotatable bonds is 9. The maximum Gasteiger partial charge on any atom is 0.255 e. The molecule has 1 aliphatic heterocycles. The molecule has 8 nitrogen and oxygen atoms in total. The van der Waals surface area contributed by atoms with Crippen LogP contribution in [-0.4, -0.2) is 44.8 Å². The summed E-state index contributed by atoms with van der Waals surface area (Å²) in [6, 6.07) is 10.1. The number of anilines is 2. The van der Waals surface area contributed by atoms with Gasteiger partial charge < -0.3 is 29.6 Å². The van der Waals surface area contributed by atoms with Crippen molar-refractivity contribution in [2.24, 2.45) is 0 Å². The lowest BCUT2D eigenvalue weighted by molar-refractivity contribution is -0.124. The summed E-state index contributed by atoms with van der Waals surface area (Å²) in [5, 5.41) is 5.73. The largest absolute Gasteiger partial charge is 0.497 e. The smallest absolute Gasteiger partial charge is 0.255 e. The lowest BCUT2D eigenvalue weighted by atomic mass is 10.1. The summed E-state index contributed by atoms with van der Waals surface area (Å²) < 4.78 is 22.0. The molecule has 0 aliphatic carbocycles. The fraction of sp³-hybridized carbons (Fsp3) is 0.391. The molecule has 1 atom stereocenters. The first-order valence-electron chi connectivity index (χ1n) is 10.4. The molecule has 1 unspecified atom stereocenters. The molecular weight excluding hydrogens is 400 g/mol. The average molecular weight is 428 g/mol. The lowest BCUT2D eigenvalue weighted by Gasteiger charge is -2.19. The van der Waals surface area contributed by atoms with E-state index in [9.17, 15) is 9.59 Å². The summed E-state index contributed by atoms with van der Waals surface area (Å²) in [6.07, 6.45) is 1.07. The molecule has 2 N–H and O–H groups in total. The summed E-state index contributed by atoms with van der Waals surface area (Å²) in [7, 11) is 1.57.